The SMILES string of the molecule is Cc1ccc2c(c1)-c1cc([Si](C)(C)c3ccc4oc5ccc(C)cc5c4c3)ccc1C2.Cc1ccc2c(c1)c1ccccc1n2-c1ccc2oc3ccc(-c4ccc5oc6ccc(-n7c8ccccc8c8cc(C)ccc87)cc6c5c4)cc3c2c1.Cc1cccc(-c2cccc(C)c2)c1. The van der Waals surface area contributed by atoms with Gasteiger partial charge in [-0.2, -0.15) is 0 Å². The Morgan fingerprint density at radius 1 is 0.253 bits per heavy atom. The normalized spacial score (nSPS) is 12.2. The highest BCUT2D eigenvalue weighted by molar-refractivity contribution is 7.00. The topological polar surface area (TPSA) is 49.3 Å². The maximum Gasteiger partial charge on any atom is 0.135 e. The third kappa shape index (κ3) is 10.3. The number of hydrogen-bond donors (Lipinski definition) is 0. The third-order valence-corrected chi connectivity index (χ3v) is 24.4. The lowest BCUT2D eigenvalue weighted by Crippen LogP contribution is -2.52. The van der Waals surface area contributed by atoms with Crippen LogP contribution in [0.5, 0.6) is 0 Å². The Hall–Kier alpha value is -11.7. The fourth-order valence-corrected chi connectivity index (χ4v) is 18.0. The summed E-state index contributed by atoms with van der Waals surface area (Å²) in [6.07, 6.45) is 1.06. The number of hydrogen-bond acceptors (Lipinski definition) is 3. The van der Waals surface area contributed by atoms with Crippen molar-refractivity contribution in [1.82, 2.24) is 9.13 Å². The standard InChI is InChI=1S/C50H32N2O2.C29H26OSi.C14H14/c1-29-11-17-45-37(23-29)35-7-3-5-9-43(35)51(45)33-15-21-49-41(27-33)39-25-31(13-19-47(39)53-49)32-14-20-48-40(26-32)42-28-34(16-22-50(42)54-48)52-44-10-6-4-8-36(44)38-24-30(2)12-18-46(38)52;1-18-5-7-20-15-21-8-9-22(16-25(21)24(20)13-18)31(3,4)23-10-12-29-27(17-23)26-14-19(2)6-11-28(26)30-29;1-11-5-3-7-13(9-11)14-8-4-6-12(2)10-14/h3-28H,1-2H3;5-14,16-17H,15H2,1-4H3;3-10H,1-2H3. The zero-order valence-corrected chi connectivity index (χ0v) is 57.9. The first-order chi connectivity index (χ1) is 48.2. The smallest absolute Gasteiger partial charge is 0.135 e. The van der Waals surface area contributed by atoms with Gasteiger partial charge in [-0.05, 0) is 208 Å². The van der Waals surface area contributed by atoms with Crippen molar-refractivity contribution in [3.63, 3.8) is 0 Å². The molecular weight excluding hydrogens is 1220 g/mol. The van der Waals surface area contributed by atoms with Crippen molar-refractivity contribution in [2.45, 2.75) is 61.1 Å². The van der Waals surface area contributed by atoms with Gasteiger partial charge in [0, 0.05) is 65.2 Å². The molecule has 0 aliphatic heterocycles. The largest absolute Gasteiger partial charge is 0.456 e. The number of rotatable bonds is 6. The molecule has 476 valence electrons. The summed E-state index contributed by atoms with van der Waals surface area (Å²) in [5, 5.41) is 14.9. The highest BCUT2D eigenvalue weighted by Crippen LogP contribution is 2.42. The summed E-state index contributed by atoms with van der Waals surface area (Å²) < 4.78 is 23.7. The Morgan fingerprint density at radius 2 is 0.606 bits per heavy atom. The molecule has 0 radical (unpaired) electrons. The number of aromatic nitrogens is 2. The highest BCUT2D eigenvalue weighted by atomic mass is 28.3. The van der Waals surface area contributed by atoms with E-state index in [2.05, 4.69) is 343 Å². The second-order valence-corrected chi connectivity index (χ2v) is 32.5. The minimum absolute atomic E-state index is 0.879. The van der Waals surface area contributed by atoms with Crippen LogP contribution in [0.1, 0.15) is 44.5 Å². The molecule has 19 aromatic rings. The monoisotopic (exact) mass is 1290 g/mol. The summed E-state index contributed by atoms with van der Waals surface area (Å²) in [4.78, 5) is 0. The minimum atomic E-state index is -1.87. The molecule has 6 heteroatoms. The van der Waals surface area contributed by atoms with Gasteiger partial charge < -0.3 is 22.4 Å². The molecule has 1 aliphatic carbocycles. The van der Waals surface area contributed by atoms with Crippen LogP contribution in [-0.4, -0.2) is 17.2 Å². The summed E-state index contributed by atoms with van der Waals surface area (Å²) in [5.41, 5.74) is 30.9. The molecule has 5 heterocycles. The van der Waals surface area contributed by atoms with E-state index in [9.17, 15) is 0 Å². The quantitative estimate of drug-likeness (QED) is 0.156. The fourth-order valence-electron chi connectivity index (χ4n) is 15.7. The second-order valence-electron chi connectivity index (χ2n) is 28.1. The van der Waals surface area contributed by atoms with Gasteiger partial charge in [-0.3, -0.25) is 0 Å². The lowest BCUT2D eigenvalue weighted by Gasteiger charge is -2.24. The van der Waals surface area contributed by atoms with Gasteiger partial charge >= 0.3 is 0 Å². The first-order valence-electron chi connectivity index (χ1n) is 34.5. The Morgan fingerprint density at radius 3 is 1.13 bits per heavy atom. The van der Waals surface area contributed by atoms with Crippen molar-refractivity contribution >= 4 is 128 Å². The zero-order chi connectivity index (χ0) is 66.9. The molecule has 0 spiro atoms. The van der Waals surface area contributed by atoms with Crippen molar-refractivity contribution in [1.29, 1.82) is 0 Å². The van der Waals surface area contributed by atoms with Gasteiger partial charge in [0.2, 0.25) is 0 Å². The minimum Gasteiger partial charge on any atom is -0.456 e. The summed E-state index contributed by atoms with van der Waals surface area (Å²) in [7, 11) is -1.87. The van der Waals surface area contributed by atoms with Crippen LogP contribution in [0.3, 0.4) is 0 Å². The summed E-state index contributed by atoms with van der Waals surface area (Å²) in [6.45, 7) is 17.8. The predicted molar refractivity (Wildman–Crippen MR) is 421 cm³/mol. The molecule has 0 amide bonds. The zero-order valence-electron chi connectivity index (χ0n) is 56.9. The number of aryl methyl sites for hydroxylation is 6. The van der Waals surface area contributed by atoms with E-state index in [0.717, 1.165) is 84.0 Å². The van der Waals surface area contributed by atoms with E-state index >= 15 is 0 Å². The van der Waals surface area contributed by atoms with Crippen LogP contribution >= 0.6 is 0 Å². The molecule has 0 atom stereocenters. The van der Waals surface area contributed by atoms with Gasteiger partial charge in [0.1, 0.15) is 41.6 Å². The van der Waals surface area contributed by atoms with Crippen LogP contribution in [0.15, 0.2) is 292 Å². The Bertz CT molecular complexity index is 6240. The van der Waals surface area contributed by atoms with Crippen molar-refractivity contribution in [2.75, 3.05) is 0 Å². The van der Waals surface area contributed by atoms with Crippen LogP contribution < -0.4 is 10.4 Å². The van der Waals surface area contributed by atoms with Crippen LogP contribution in [0.4, 0.5) is 0 Å². The fraction of sp³-hybridized carbons (Fsp3) is 0.0968. The van der Waals surface area contributed by atoms with Gasteiger partial charge in [0.05, 0.1) is 22.1 Å². The van der Waals surface area contributed by atoms with Crippen molar-refractivity contribution in [3.05, 3.63) is 324 Å². The molecule has 20 rings (SSSR count). The van der Waals surface area contributed by atoms with Gasteiger partial charge in [-0.25, -0.2) is 0 Å². The molecule has 5 nitrogen and oxygen atoms in total. The maximum atomic E-state index is 6.41. The summed E-state index contributed by atoms with van der Waals surface area (Å²) >= 11 is 0. The summed E-state index contributed by atoms with van der Waals surface area (Å²) in [6, 6.07) is 102. The van der Waals surface area contributed by atoms with Gasteiger partial charge in [0.25, 0.3) is 0 Å². The van der Waals surface area contributed by atoms with Crippen LogP contribution in [0, 0.1) is 41.5 Å². The third-order valence-electron chi connectivity index (χ3n) is 20.9. The molecule has 0 N–H and O–H groups in total. The number of para-hydroxylation sites is 2. The van der Waals surface area contributed by atoms with Crippen molar-refractivity contribution in [3.8, 4) is 44.8 Å². The lowest BCUT2D eigenvalue weighted by atomic mass is 10.0. The Balaban J connectivity index is 0.000000131. The first-order valence-corrected chi connectivity index (χ1v) is 37.5. The first kappa shape index (κ1) is 59.8. The predicted octanol–water partition coefficient (Wildman–Crippen LogP) is 24.5. The number of fused-ring (bicyclic) bond motifs is 18. The number of nitrogens with zero attached hydrogens (tertiary/aromatic N) is 2. The molecule has 5 aromatic heterocycles. The van der Waals surface area contributed by atoms with E-state index in [1.807, 2.05) is 0 Å². The van der Waals surface area contributed by atoms with E-state index in [1.165, 1.54) is 132 Å². The average Bonchev–Trinajstić information content (AvgIpc) is 1.60. The van der Waals surface area contributed by atoms with E-state index in [1.54, 1.807) is 0 Å². The van der Waals surface area contributed by atoms with E-state index in [0.29, 0.717) is 0 Å². The molecule has 99 heavy (non-hydrogen) atoms. The molecular formula is C93H72N2O3Si. The second kappa shape index (κ2) is 23.3. The number of benzene rings is 14. The molecule has 1 aliphatic rings. The molecule has 0 saturated carbocycles. The Kier molecular flexibility index (Phi) is 14.0. The van der Waals surface area contributed by atoms with Crippen molar-refractivity contribution < 1.29 is 13.3 Å². The molecule has 0 saturated heterocycles. The van der Waals surface area contributed by atoms with E-state index in [-0.39, 0.29) is 0 Å². The van der Waals surface area contributed by atoms with Crippen LogP contribution in [0.25, 0.3) is 154 Å². The maximum absolute atomic E-state index is 6.41. The average molecular weight is 1290 g/mol. The molecule has 0 bridgehead atoms. The highest BCUT2D eigenvalue weighted by Gasteiger charge is 2.30. The van der Waals surface area contributed by atoms with Crippen molar-refractivity contribution in [2.24, 2.45) is 0 Å². The van der Waals surface area contributed by atoms with Crippen LogP contribution in [0.2, 0.25) is 13.1 Å². The van der Waals surface area contributed by atoms with Gasteiger partial charge in [0.15, 0.2) is 0 Å². The Labute approximate surface area is 576 Å². The summed E-state index contributed by atoms with van der Waals surface area (Å²) in [5.74, 6) is 0. The number of furan rings is 3. The molecule has 14 aromatic carbocycles. The molecule has 0 fully saturated rings. The van der Waals surface area contributed by atoms with Gasteiger partial charge in [-0.15, -0.1) is 0 Å². The van der Waals surface area contributed by atoms with E-state index < -0.39 is 8.07 Å². The molecule has 0 unspecified atom stereocenters. The van der Waals surface area contributed by atoms with E-state index in [4.69, 9.17) is 13.3 Å². The van der Waals surface area contributed by atoms with Gasteiger partial charge in [-0.1, -0.05) is 221 Å². The van der Waals surface area contributed by atoms with Crippen LogP contribution in [-0.2, 0) is 6.42 Å². The lowest BCUT2D eigenvalue weighted by molar-refractivity contribution is 0.668.